The van der Waals surface area contributed by atoms with E-state index in [0.29, 0.717) is 5.56 Å². The number of Topliss-reactive ketones (excluding diaryl/α,β-unsaturated/α-hetero) is 3. The summed E-state index contributed by atoms with van der Waals surface area (Å²) >= 11 is 0. The van der Waals surface area contributed by atoms with Crippen molar-refractivity contribution in [1.29, 1.82) is 0 Å². The van der Waals surface area contributed by atoms with E-state index in [-0.39, 0.29) is 41.1 Å². The van der Waals surface area contributed by atoms with Crippen LogP contribution in [0.2, 0.25) is 0 Å². The molecule has 33 heavy (non-hydrogen) atoms. The van der Waals surface area contributed by atoms with E-state index in [2.05, 4.69) is 0 Å². The van der Waals surface area contributed by atoms with E-state index in [4.69, 9.17) is 5.73 Å². The lowest BCUT2D eigenvalue weighted by Crippen LogP contribution is -2.65. The van der Waals surface area contributed by atoms with E-state index in [1.54, 1.807) is 0 Å². The highest BCUT2D eigenvalue weighted by Gasteiger charge is 2.64. The number of hydrogen-bond donors (Lipinski definition) is 5. The highest BCUT2D eigenvalue weighted by molar-refractivity contribution is 6.24. The number of aliphatic hydroxyl groups excluding tert-OH is 2. The van der Waals surface area contributed by atoms with E-state index >= 15 is 0 Å². The molecule has 0 heterocycles. The molecule has 1 fully saturated rings. The molecule has 3 aliphatic carbocycles. The second kappa shape index (κ2) is 7.26. The third-order valence-electron chi connectivity index (χ3n) is 6.98. The minimum atomic E-state index is -2.68. The zero-order valence-electron chi connectivity index (χ0n) is 18.2. The highest BCUT2D eigenvalue weighted by atomic mass is 16.3. The van der Waals surface area contributed by atoms with E-state index < -0.39 is 58.0 Å². The third kappa shape index (κ3) is 2.87. The van der Waals surface area contributed by atoms with E-state index in [0.717, 1.165) is 0 Å². The molecular formula is C23H24N2O8. The van der Waals surface area contributed by atoms with Crippen molar-refractivity contribution in [1.82, 2.24) is 4.90 Å². The van der Waals surface area contributed by atoms with Crippen LogP contribution in [0.4, 0.5) is 0 Å². The summed E-state index contributed by atoms with van der Waals surface area (Å²) in [5, 5.41) is 43.6. The Kier molecular flexibility index (Phi) is 4.99. The van der Waals surface area contributed by atoms with Crippen molar-refractivity contribution < 1.29 is 39.6 Å². The Morgan fingerprint density at radius 2 is 1.79 bits per heavy atom. The number of nitrogens with zero attached hydrogens (tertiary/aromatic N) is 1. The van der Waals surface area contributed by atoms with Crippen LogP contribution in [-0.2, 0) is 20.8 Å². The molecule has 1 aromatic carbocycles. The van der Waals surface area contributed by atoms with Crippen molar-refractivity contribution in [2.24, 2.45) is 17.6 Å². The van der Waals surface area contributed by atoms with Crippen molar-refractivity contribution in [3.8, 4) is 5.75 Å². The number of nitrogens with two attached hydrogens (primary N) is 1. The molecule has 0 bridgehead atoms. The van der Waals surface area contributed by atoms with Gasteiger partial charge in [0.1, 0.15) is 22.8 Å². The first-order valence-corrected chi connectivity index (χ1v) is 10.3. The Balaban J connectivity index is 2.00. The van der Waals surface area contributed by atoms with Crippen LogP contribution in [-0.4, -0.2) is 74.3 Å². The van der Waals surface area contributed by atoms with Gasteiger partial charge in [0, 0.05) is 17.1 Å². The highest BCUT2D eigenvalue weighted by Crippen LogP contribution is 2.52. The van der Waals surface area contributed by atoms with E-state index in [1.807, 2.05) is 0 Å². The lowest BCUT2D eigenvalue weighted by Gasteiger charge is -2.50. The first-order chi connectivity index (χ1) is 15.3. The summed E-state index contributed by atoms with van der Waals surface area (Å²) in [6.45, 7) is 1.34. The number of phenols is 1. The molecule has 0 saturated heterocycles. The van der Waals surface area contributed by atoms with Crippen molar-refractivity contribution in [2.75, 3.05) is 14.1 Å². The summed E-state index contributed by atoms with van der Waals surface area (Å²) in [4.78, 5) is 52.2. The van der Waals surface area contributed by atoms with Crippen molar-refractivity contribution in [3.63, 3.8) is 0 Å². The van der Waals surface area contributed by atoms with Crippen LogP contribution in [0.5, 0.6) is 5.75 Å². The first kappa shape index (κ1) is 22.7. The van der Waals surface area contributed by atoms with Crippen molar-refractivity contribution in [3.05, 3.63) is 45.7 Å². The number of aromatic hydroxyl groups is 1. The van der Waals surface area contributed by atoms with Crippen LogP contribution in [0.1, 0.15) is 34.8 Å². The number of hydrogen-bond acceptors (Lipinski definition) is 9. The largest absolute Gasteiger partial charge is 0.508 e. The lowest BCUT2D eigenvalue weighted by molar-refractivity contribution is -0.153. The van der Waals surface area contributed by atoms with Gasteiger partial charge < -0.3 is 26.2 Å². The molecule has 0 aliphatic heterocycles. The average molecular weight is 456 g/mol. The van der Waals surface area contributed by atoms with Gasteiger partial charge in [0.25, 0.3) is 5.91 Å². The molecule has 1 amide bonds. The Bertz CT molecular complexity index is 1210. The van der Waals surface area contributed by atoms with Crippen LogP contribution >= 0.6 is 0 Å². The maximum atomic E-state index is 13.6. The zero-order chi connectivity index (χ0) is 24.6. The predicted octanol–water partition coefficient (Wildman–Crippen LogP) is 0.167. The molecule has 1 aromatic rings. The Morgan fingerprint density at radius 3 is 2.33 bits per heavy atom. The number of carbonyl (C=O) groups is 4. The van der Waals surface area contributed by atoms with Gasteiger partial charge in [0.05, 0.1) is 11.6 Å². The van der Waals surface area contributed by atoms with E-state index in [1.165, 1.54) is 38.1 Å². The number of ketones is 3. The second-order valence-corrected chi connectivity index (χ2v) is 9.00. The molecule has 0 unspecified atom stereocenters. The van der Waals surface area contributed by atoms with Crippen molar-refractivity contribution in [2.45, 2.75) is 31.4 Å². The quantitative estimate of drug-likeness (QED) is 0.313. The summed E-state index contributed by atoms with van der Waals surface area (Å²) in [5.41, 5.74) is 2.01. The SMILES string of the molecule is CC(=O)c1ccc(O)c2c1C[C@@H]1C[C@@H]3[C@@H](N(C)C)C(=O)C(C(N)=O)=C(O)[C@@]3(O)C(=O)C1=C2O. The van der Waals surface area contributed by atoms with E-state index in [9.17, 15) is 39.6 Å². The molecule has 1 saturated carbocycles. The Hall–Kier alpha value is -3.50. The topological polar surface area (TPSA) is 178 Å². The van der Waals surface area contributed by atoms with Gasteiger partial charge >= 0.3 is 0 Å². The fourth-order valence-corrected chi connectivity index (χ4v) is 5.57. The molecule has 0 aromatic heterocycles. The minimum Gasteiger partial charge on any atom is -0.508 e. The second-order valence-electron chi connectivity index (χ2n) is 9.00. The van der Waals surface area contributed by atoms with Crippen LogP contribution in [0.3, 0.4) is 0 Å². The number of likely N-dealkylation sites (N-methyl/N-ethyl adjacent to an activating group) is 1. The maximum absolute atomic E-state index is 13.6. The number of amides is 1. The molecule has 4 rings (SSSR count). The number of primary amides is 1. The third-order valence-corrected chi connectivity index (χ3v) is 6.98. The molecule has 0 spiro atoms. The van der Waals surface area contributed by atoms with Crippen molar-refractivity contribution >= 4 is 29.0 Å². The summed E-state index contributed by atoms with van der Waals surface area (Å²) in [7, 11) is 3.05. The maximum Gasteiger partial charge on any atom is 0.255 e. The van der Waals surface area contributed by atoms with Gasteiger partial charge in [-0.15, -0.1) is 0 Å². The van der Waals surface area contributed by atoms with Gasteiger partial charge in [-0.2, -0.15) is 0 Å². The molecular weight excluding hydrogens is 432 g/mol. The normalized spacial score (nSPS) is 29.1. The molecule has 3 aliphatic rings. The Morgan fingerprint density at radius 1 is 1.15 bits per heavy atom. The van der Waals surface area contributed by atoms with Crippen LogP contribution in [0, 0.1) is 11.8 Å². The fraction of sp³-hybridized carbons (Fsp3) is 0.391. The summed E-state index contributed by atoms with van der Waals surface area (Å²) < 4.78 is 0. The van der Waals surface area contributed by atoms with Gasteiger partial charge in [-0.25, -0.2) is 0 Å². The van der Waals surface area contributed by atoms with Gasteiger partial charge in [0.2, 0.25) is 5.78 Å². The van der Waals surface area contributed by atoms with Crippen LogP contribution < -0.4 is 5.73 Å². The summed E-state index contributed by atoms with van der Waals surface area (Å²) in [6.07, 6.45) is 0.0522. The summed E-state index contributed by atoms with van der Waals surface area (Å²) in [6, 6.07) is 1.50. The molecule has 0 radical (unpaired) electrons. The minimum absolute atomic E-state index is 0.0290. The number of benzene rings is 1. The number of aliphatic hydroxyl groups is 3. The fourth-order valence-electron chi connectivity index (χ4n) is 5.57. The van der Waals surface area contributed by atoms with Gasteiger partial charge in [-0.1, -0.05) is 0 Å². The molecule has 174 valence electrons. The summed E-state index contributed by atoms with van der Waals surface area (Å²) in [5.74, 6) is -7.48. The monoisotopic (exact) mass is 456 g/mol. The van der Waals surface area contributed by atoms with Crippen LogP contribution in [0.15, 0.2) is 29.0 Å². The smallest absolute Gasteiger partial charge is 0.255 e. The van der Waals surface area contributed by atoms with Crippen LogP contribution in [0.25, 0.3) is 5.76 Å². The number of fused-ring (bicyclic) bond motifs is 3. The average Bonchev–Trinajstić information content (AvgIpc) is 2.70. The molecule has 10 heteroatoms. The number of phenolic OH excluding ortho intramolecular Hbond substituents is 1. The van der Waals surface area contributed by atoms with Gasteiger partial charge in [-0.3, -0.25) is 24.1 Å². The Labute approximate surface area is 188 Å². The zero-order valence-corrected chi connectivity index (χ0v) is 18.2. The predicted molar refractivity (Wildman–Crippen MR) is 114 cm³/mol. The molecule has 10 nitrogen and oxygen atoms in total. The first-order valence-electron chi connectivity index (χ1n) is 10.3. The van der Waals surface area contributed by atoms with Gasteiger partial charge in [0.15, 0.2) is 17.2 Å². The standard InChI is InChI=1S/C23H24N2O8/c1-8(26)10-4-5-13(27)15-11(10)6-9-7-12-17(25(2)3)19(29)16(22(24)32)21(31)23(12,33)20(30)14(9)18(15)28/h4-5,9,12,17,27-28,31,33H,6-7H2,1-3H3,(H2,24,32)/t9-,12-,17-,23+/m1/s1. The lowest BCUT2D eigenvalue weighted by atomic mass is 9.57. The number of rotatable bonds is 3. The number of carbonyl (C=O) groups excluding carboxylic acids is 4. The van der Waals surface area contributed by atoms with Gasteiger partial charge in [-0.05, 0) is 57.5 Å². The molecule has 6 N–H and O–H groups in total. The molecule has 4 atom stereocenters.